The standard InChI is InChI=1S/C13H11N3/c1-10-13(11-6-2-4-8-14-11)12-7-3-5-9-16(12)15-10/h2-9H,1H3. The summed E-state index contributed by atoms with van der Waals surface area (Å²) < 4.78 is 1.89. The summed E-state index contributed by atoms with van der Waals surface area (Å²) in [7, 11) is 0. The van der Waals surface area contributed by atoms with E-state index in [0.29, 0.717) is 0 Å². The van der Waals surface area contributed by atoms with E-state index in [1.807, 2.05) is 48.0 Å². The molecule has 3 heteroatoms. The van der Waals surface area contributed by atoms with Gasteiger partial charge in [-0.2, -0.15) is 5.10 Å². The molecule has 0 atom stereocenters. The van der Waals surface area contributed by atoms with Crippen molar-refractivity contribution in [2.24, 2.45) is 0 Å². The molecule has 0 radical (unpaired) electrons. The van der Waals surface area contributed by atoms with Crippen LogP contribution in [0.2, 0.25) is 0 Å². The molecule has 0 aliphatic carbocycles. The first-order valence-corrected chi connectivity index (χ1v) is 5.21. The maximum absolute atomic E-state index is 4.47. The highest BCUT2D eigenvalue weighted by Gasteiger charge is 2.10. The zero-order chi connectivity index (χ0) is 11.0. The molecule has 78 valence electrons. The Balaban J connectivity index is 2.35. The predicted molar refractivity (Wildman–Crippen MR) is 63.2 cm³/mol. The molecule has 0 aromatic carbocycles. The fourth-order valence-corrected chi connectivity index (χ4v) is 1.94. The van der Waals surface area contributed by atoms with Gasteiger partial charge in [0.2, 0.25) is 0 Å². The van der Waals surface area contributed by atoms with Crippen LogP contribution in [0.3, 0.4) is 0 Å². The molecule has 0 amide bonds. The summed E-state index contributed by atoms with van der Waals surface area (Å²) >= 11 is 0. The van der Waals surface area contributed by atoms with Gasteiger partial charge in [-0.05, 0) is 31.2 Å². The Bertz CT molecular complexity index is 626. The van der Waals surface area contributed by atoms with Crippen molar-refractivity contribution in [3.63, 3.8) is 0 Å². The average molecular weight is 209 g/mol. The van der Waals surface area contributed by atoms with Gasteiger partial charge in [-0.1, -0.05) is 12.1 Å². The summed E-state index contributed by atoms with van der Waals surface area (Å²) in [5, 5.41) is 4.47. The van der Waals surface area contributed by atoms with Crippen molar-refractivity contribution in [3.8, 4) is 11.3 Å². The maximum Gasteiger partial charge on any atom is 0.0758 e. The first-order valence-electron chi connectivity index (χ1n) is 5.21. The van der Waals surface area contributed by atoms with E-state index in [-0.39, 0.29) is 0 Å². The molecular formula is C13H11N3. The SMILES string of the molecule is Cc1nn2ccccc2c1-c1ccccn1. The quantitative estimate of drug-likeness (QED) is 0.616. The van der Waals surface area contributed by atoms with Crippen LogP contribution in [-0.4, -0.2) is 14.6 Å². The van der Waals surface area contributed by atoms with E-state index in [4.69, 9.17) is 0 Å². The second kappa shape index (κ2) is 3.45. The molecule has 16 heavy (non-hydrogen) atoms. The molecule has 3 aromatic rings. The lowest BCUT2D eigenvalue weighted by molar-refractivity contribution is 0.934. The largest absolute Gasteiger partial charge is 0.256 e. The summed E-state index contributed by atoms with van der Waals surface area (Å²) in [6.45, 7) is 2.01. The molecule has 0 fully saturated rings. The summed E-state index contributed by atoms with van der Waals surface area (Å²) in [5.41, 5.74) is 4.19. The predicted octanol–water partition coefficient (Wildman–Crippen LogP) is 2.70. The van der Waals surface area contributed by atoms with Crippen molar-refractivity contribution in [2.45, 2.75) is 6.92 Å². The van der Waals surface area contributed by atoms with E-state index in [2.05, 4.69) is 16.1 Å². The third-order valence-electron chi connectivity index (χ3n) is 2.64. The van der Waals surface area contributed by atoms with Crippen molar-refractivity contribution in [1.29, 1.82) is 0 Å². The molecule has 0 saturated heterocycles. The number of hydrogen-bond acceptors (Lipinski definition) is 2. The molecule has 0 aliphatic heterocycles. The summed E-state index contributed by atoms with van der Waals surface area (Å²) in [6.07, 6.45) is 3.76. The first kappa shape index (κ1) is 9.09. The second-order valence-corrected chi connectivity index (χ2v) is 3.71. The highest BCUT2D eigenvalue weighted by molar-refractivity contribution is 5.80. The molecule has 3 heterocycles. The molecule has 3 rings (SSSR count). The molecule has 0 spiro atoms. The lowest BCUT2D eigenvalue weighted by atomic mass is 10.1. The van der Waals surface area contributed by atoms with Crippen LogP contribution >= 0.6 is 0 Å². The topological polar surface area (TPSA) is 30.2 Å². The Morgan fingerprint density at radius 1 is 1.06 bits per heavy atom. The minimum absolute atomic E-state index is 0.973. The van der Waals surface area contributed by atoms with Crippen LogP contribution in [0.1, 0.15) is 5.69 Å². The van der Waals surface area contributed by atoms with Gasteiger partial charge in [-0.3, -0.25) is 4.98 Å². The van der Waals surface area contributed by atoms with E-state index in [0.717, 1.165) is 22.5 Å². The van der Waals surface area contributed by atoms with Gasteiger partial charge in [0.25, 0.3) is 0 Å². The van der Waals surface area contributed by atoms with E-state index in [9.17, 15) is 0 Å². The number of rotatable bonds is 1. The van der Waals surface area contributed by atoms with Gasteiger partial charge < -0.3 is 0 Å². The average Bonchev–Trinajstić information content (AvgIpc) is 2.66. The van der Waals surface area contributed by atoms with Crippen LogP contribution in [0.4, 0.5) is 0 Å². The maximum atomic E-state index is 4.47. The van der Waals surface area contributed by atoms with Crippen molar-refractivity contribution < 1.29 is 0 Å². The van der Waals surface area contributed by atoms with E-state index in [1.54, 1.807) is 6.20 Å². The van der Waals surface area contributed by atoms with Crippen LogP contribution in [0, 0.1) is 6.92 Å². The summed E-state index contributed by atoms with van der Waals surface area (Å²) in [6, 6.07) is 12.0. The number of fused-ring (bicyclic) bond motifs is 1. The highest BCUT2D eigenvalue weighted by Crippen LogP contribution is 2.25. The molecule has 3 aromatic heterocycles. The Kier molecular flexibility index (Phi) is 1.96. The van der Waals surface area contributed by atoms with Crippen molar-refractivity contribution >= 4 is 5.52 Å². The van der Waals surface area contributed by atoms with Gasteiger partial charge >= 0.3 is 0 Å². The van der Waals surface area contributed by atoms with Crippen molar-refractivity contribution in [1.82, 2.24) is 14.6 Å². The molecule has 0 saturated carbocycles. The zero-order valence-electron chi connectivity index (χ0n) is 8.96. The lowest BCUT2D eigenvalue weighted by Crippen LogP contribution is -1.84. The van der Waals surface area contributed by atoms with Gasteiger partial charge in [0.05, 0.1) is 16.9 Å². The fraction of sp³-hybridized carbons (Fsp3) is 0.0769. The Labute approximate surface area is 93.4 Å². The van der Waals surface area contributed by atoms with Crippen molar-refractivity contribution in [2.75, 3.05) is 0 Å². The third kappa shape index (κ3) is 1.29. The summed E-state index contributed by atoms with van der Waals surface area (Å²) in [4.78, 5) is 4.38. The van der Waals surface area contributed by atoms with Crippen LogP contribution in [0.5, 0.6) is 0 Å². The number of aromatic nitrogens is 3. The number of nitrogens with zero attached hydrogens (tertiary/aromatic N) is 3. The number of aryl methyl sites for hydroxylation is 1. The van der Waals surface area contributed by atoms with Gasteiger partial charge in [0, 0.05) is 18.0 Å². The van der Waals surface area contributed by atoms with Crippen LogP contribution < -0.4 is 0 Å². The van der Waals surface area contributed by atoms with E-state index in [1.165, 1.54) is 0 Å². The number of hydrogen-bond donors (Lipinski definition) is 0. The minimum Gasteiger partial charge on any atom is -0.256 e. The minimum atomic E-state index is 0.973. The smallest absolute Gasteiger partial charge is 0.0758 e. The molecule has 0 aliphatic rings. The van der Waals surface area contributed by atoms with Crippen LogP contribution in [-0.2, 0) is 0 Å². The van der Waals surface area contributed by atoms with Gasteiger partial charge in [-0.15, -0.1) is 0 Å². The van der Waals surface area contributed by atoms with E-state index < -0.39 is 0 Å². The third-order valence-corrected chi connectivity index (χ3v) is 2.64. The van der Waals surface area contributed by atoms with Gasteiger partial charge in [0.15, 0.2) is 0 Å². The normalized spacial score (nSPS) is 10.8. The Morgan fingerprint density at radius 3 is 2.75 bits per heavy atom. The van der Waals surface area contributed by atoms with E-state index >= 15 is 0 Å². The summed E-state index contributed by atoms with van der Waals surface area (Å²) in [5.74, 6) is 0. The molecule has 0 unspecified atom stereocenters. The lowest BCUT2D eigenvalue weighted by Gasteiger charge is -1.98. The molecule has 3 nitrogen and oxygen atoms in total. The Morgan fingerprint density at radius 2 is 1.94 bits per heavy atom. The molecule has 0 bridgehead atoms. The van der Waals surface area contributed by atoms with Crippen LogP contribution in [0.15, 0.2) is 48.8 Å². The van der Waals surface area contributed by atoms with Gasteiger partial charge in [0.1, 0.15) is 0 Å². The zero-order valence-corrected chi connectivity index (χ0v) is 8.96. The van der Waals surface area contributed by atoms with Crippen LogP contribution in [0.25, 0.3) is 16.8 Å². The highest BCUT2D eigenvalue weighted by atomic mass is 15.2. The molecule has 0 N–H and O–H groups in total. The van der Waals surface area contributed by atoms with Gasteiger partial charge in [-0.25, -0.2) is 4.52 Å². The molecular weight excluding hydrogens is 198 g/mol. The monoisotopic (exact) mass is 209 g/mol. The van der Waals surface area contributed by atoms with Crippen molar-refractivity contribution in [3.05, 3.63) is 54.5 Å². The Hall–Kier alpha value is -2.16. The second-order valence-electron chi connectivity index (χ2n) is 3.71. The fourth-order valence-electron chi connectivity index (χ4n) is 1.94. The first-order chi connectivity index (χ1) is 7.86. The number of pyridine rings is 2.